The van der Waals surface area contributed by atoms with Crippen molar-refractivity contribution in [3.63, 3.8) is 0 Å². The lowest BCUT2D eigenvalue weighted by molar-refractivity contribution is -0.153. The standard InChI is InChI=1S/C14H9ClF3N3O2/c15-10-5-8(1-2-11(10)23-6-14(16,17)18)21-7-20-12-9(13(21)22)3-4-19-12/h1-5,7,19H,6H2. The molecule has 0 atom stereocenters. The number of aromatic nitrogens is 3. The lowest BCUT2D eigenvalue weighted by atomic mass is 10.3. The van der Waals surface area contributed by atoms with Crippen LogP contribution in [0.4, 0.5) is 13.2 Å². The van der Waals surface area contributed by atoms with Crippen LogP contribution in [0.5, 0.6) is 5.75 Å². The van der Waals surface area contributed by atoms with Crippen molar-refractivity contribution in [2.75, 3.05) is 6.61 Å². The van der Waals surface area contributed by atoms with Crippen LogP contribution < -0.4 is 10.3 Å². The number of nitrogens with one attached hydrogen (secondary N) is 1. The van der Waals surface area contributed by atoms with Crippen molar-refractivity contribution in [2.45, 2.75) is 6.18 Å². The van der Waals surface area contributed by atoms with Crippen molar-refractivity contribution in [3.8, 4) is 11.4 Å². The zero-order valence-corrected chi connectivity index (χ0v) is 12.1. The Morgan fingerprint density at radius 1 is 1.30 bits per heavy atom. The van der Waals surface area contributed by atoms with Crippen molar-refractivity contribution < 1.29 is 17.9 Å². The molecule has 9 heteroatoms. The first-order valence-corrected chi connectivity index (χ1v) is 6.77. The van der Waals surface area contributed by atoms with Gasteiger partial charge in [-0.2, -0.15) is 13.2 Å². The summed E-state index contributed by atoms with van der Waals surface area (Å²) in [5, 5.41) is 0.355. The lowest BCUT2D eigenvalue weighted by Gasteiger charge is -2.12. The zero-order valence-electron chi connectivity index (χ0n) is 11.4. The van der Waals surface area contributed by atoms with Crippen LogP contribution in [0.1, 0.15) is 0 Å². The largest absolute Gasteiger partial charge is 0.483 e. The van der Waals surface area contributed by atoms with Crippen molar-refractivity contribution in [1.82, 2.24) is 14.5 Å². The third-order valence-corrected chi connectivity index (χ3v) is 3.36. The SMILES string of the molecule is O=c1c2cc[nH]c2ncn1-c1ccc(OCC(F)(F)F)c(Cl)c1. The smallest absolute Gasteiger partial charge is 0.422 e. The molecule has 0 saturated carbocycles. The number of halogens is 4. The minimum absolute atomic E-state index is 0.0344. The number of H-pyrrole nitrogens is 1. The Bertz CT molecular complexity index is 918. The number of hydrogen-bond acceptors (Lipinski definition) is 3. The first-order chi connectivity index (χ1) is 10.8. The summed E-state index contributed by atoms with van der Waals surface area (Å²) in [4.78, 5) is 19.2. The van der Waals surface area contributed by atoms with Crippen molar-refractivity contribution in [2.24, 2.45) is 0 Å². The maximum absolute atomic E-state index is 12.3. The zero-order chi connectivity index (χ0) is 16.6. The Labute approximate surface area is 132 Å². The molecule has 0 unspecified atom stereocenters. The van der Waals surface area contributed by atoms with Gasteiger partial charge >= 0.3 is 6.18 Å². The van der Waals surface area contributed by atoms with E-state index >= 15 is 0 Å². The molecular weight excluding hydrogens is 335 g/mol. The summed E-state index contributed by atoms with van der Waals surface area (Å²) >= 11 is 5.92. The summed E-state index contributed by atoms with van der Waals surface area (Å²) in [7, 11) is 0. The molecule has 0 aliphatic rings. The highest BCUT2D eigenvalue weighted by Crippen LogP contribution is 2.28. The molecule has 0 radical (unpaired) electrons. The van der Waals surface area contributed by atoms with Crippen LogP contribution >= 0.6 is 11.6 Å². The number of fused-ring (bicyclic) bond motifs is 1. The Kier molecular flexibility index (Phi) is 3.77. The number of rotatable bonds is 3. The fourth-order valence-electron chi connectivity index (χ4n) is 2.04. The van der Waals surface area contributed by atoms with Crippen LogP contribution in [0.25, 0.3) is 16.7 Å². The molecule has 0 bridgehead atoms. The lowest BCUT2D eigenvalue weighted by Crippen LogP contribution is -2.20. The monoisotopic (exact) mass is 343 g/mol. The van der Waals surface area contributed by atoms with Crippen molar-refractivity contribution in [1.29, 1.82) is 0 Å². The molecule has 2 aromatic heterocycles. The van der Waals surface area contributed by atoms with E-state index in [1.54, 1.807) is 12.3 Å². The third kappa shape index (κ3) is 3.16. The van der Waals surface area contributed by atoms with Crippen LogP contribution in [0, 0.1) is 0 Å². The Balaban J connectivity index is 1.95. The van der Waals surface area contributed by atoms with Crippen LogP contribution in [-0.2, 0) is 0 Å². The first kappa shape index (κ1) is 15.4. The van der Waals surface area contributed by atoms with E-state index in [9.17, 15) is 18.0 Å². The van der Waals surface area contributed by atoms with Crippen LogP contribution in [0.2, 0.25) is 5.02 Å². The molecule has 0 amide bonds. The van der Waals surface area contributed by atoms with Gasteiger partial charge in [0.1, 0.15) is 17.7 Å². The van der Waals surface area contributed by atoms with Gasteiger partial charge in [-0.15, -0.1) is 0 Å². The van der Waals surface area contributed by atoms with Crippen molar-refractivity contribution in [3.05, 3.63) is 52.2 Å². The van der Waals surface area contributed by atoms with Crippen LogP contribution in [0.15, 0.2) is 41.6 Å². The molecule has 0 aliphatic heterocycles. The molecule has 0 spiro atoms. The van der Waals surface area contributed by atoms with Crippen LogP contribution in [0.3, 0.4) is 0 Å². The molecule has 0 fully saturated rings. The molecule has 0 saturated heterocycles. The van der Waals surface area contributed by atoms with Gasteiger partial charge < -0.3 is 9.72 Å². The van der Waals surface area contributed by atoms with E-state index in [1.807, 2.05) is 0 Å². The van der Waals surface area contributed by atoms with Gasteiger partial charge in [0.2, 0.25) is 0 Å². The van der Waals surface area contributed by atoms with Crippen molar-refractivity contribution >= 4 is 22.6 Å². The third-order valence-electron chi connectivity index (χ3n) is 3.06. The predicted molar refractivity (Wildman–Crippen MR) is 78.3 cm³/mol. The summed E-state index contributed by atoms with van der Waals surface area (Å²) in [5.41, 5.74) is 0.494. The van der Waals surface area contributed by atoms with Gasteiger partial charge in [0.25, 0.3) is 5.56 Å². The summed E-state index contributed by atoms with van der Waals surface area (Å²) in [5.74, 6) is -0.114. The van der Waals surface area contributed by atoms with Gasteiger partial charge in [-0.3, -0.25) is 9.36 Å². The van der Waals surface area contributed by atoms with Gasteiger partial charge in [0.15, 0.2) is 6.61 Å². The first-order valence-electron chi connectivity index (χ1n) is 6.39. The number of aromatic amines is 1. The average molecular weight is 344 g/mol. The molecule has 3 rings (SSSR count). The fraction of sp³-hybridized carbons (Fsp3) is 0.143. The molecule has 5 nitrogen and oxygen atoms in total. The highest BCUT2D eigenvalue weighted by atomic mass is 35.5. The van der Waals surface area contributed by atoms with E-state index in [2.05, 4.69) is 14.7 Å². The molecule has 1 aromatic carbocycles. The van der Waals surface area contributed by atoms with Gasteiger partial charge in [-0.05, 0) is 24.3 Å². The fourth-order valence-corrected chi connectivity index (χ4v) is 2.27. The topological polar surface area (TPSA) is 59.9 Å². The quantitative estimate of drug-likeness (QED) is 0.793. The van der Waals surface area contributed by atoms with Gasteiger partial charge in [-0.1, -0.05) is 11.6 Å². The Hall–Kier alpha value is -2.48. The normalized spacial score (nSPS) is 11.8. The number of hydrogen-bond donors (Lipinski definition) is 1. The van der Waals surface area contributed by atoms with E-state index in [-0.39, 0.29) is 16.3 Å². The maximum Gasteiger partial charge on any atom is 0.422 e. The molecule has 3 aromatic rings. The van der Waals surface area contributed by atoms with Gasteiger partial charge in [-0.25, -0.2) is 4.98 Å². The van der Waals surface area contributed by atoms with Gasteiger partial charge in [0.05, 0.1) is 16.1 Å². The summed E-state index contributed by atoms with van der Waals surface area (Å²) in [6.45, 7) is -1.44. The minimum Gasteiger partial charge on any atom is -0.483 e. The molecule has 120 valence electrons. The molecule has 1 N–H and O–H groups in total. The van der Waals surface area contributed by atoms with E-state index in [4.69, 9.17) is 11.6 Å². The van der Waals surface area contributed by atoms with E-state index in [0.717, 1.165) is 0 Å². The van der Waals surface area contributed by atoms with E-state index < -0.39 is 12.8 Å². The summed E-state index contributed by atoms with van der Waals surface area (Å²) in [6.07, 6.45) is -1.56. The second-order valence-electron chi connectivity index (χ2n) is 4.68. The Morgan fingerprint density at radius 2 is 2.09 bits per heavy atom. The predicted octanol–water partition coefficient (Wildman–Crippen LogP) is 3.31. The summed E-state index contributed by atoms with van der Waals surface area (Å²) < 4.78 is 42.4. The van der Waals surface area contributed by atoms with E-state index in [0.29, 0.717) is 16.7 Å². The van der Waals surface area contributed by atoms with E-state index in [1.165, 1.54) is 29.1 Å². The second-order valence-corrected chi connectivity index (χ2v) is 5.09. The maximum atomic E-state index is 12.3. The number of nitrogens with zero attached hydrogens (tertiary/aromatic N) is 2. The number of alkyl halides is 3. The molecular formula is C14H9ClF3N3O2. The molecule has 0 aliphatic carbocycles. The second kappa shape index (κ2) is 5.62. The molecule has 23 heavy (non-hydrogen) atoms. The Morgan fingerprint density at radius 3 is 2.78 bits per heavy atom. The number of ether oxygens (including phenoxy) is 1. The average Bonchev–Trinajstić information content (AvgIpc) is 2.95. The molecule has 2 heterocycles. The number of benzene rings is 1. The minimum atomic E-state index is -4.46. The van der Waals surface area contributed by atoms with Gasteiger partial charge in [0, 0.05) is 6.20 Å². The van der Waals surface area contributed by atoms with Crippen LogP contribution in [-0.4, -0.2) is 27.3 Å². The summed E-state index contributed by atoms with van der Waals surface area (Å²) in [6, 6.07) is 5.63. The highest BCUT2D eigenvalue weighted by molar-refractivity contribution is 6.32. The highest BCUT2D eigenvalue weighted by Gasteiger charge is 2.28.